The van der Waals surface area contributed by atoms with Crippen molar-refractivity contribution in [3.63, 3.8) is 0 Å². The summed E-state index contributed by atoms with van der Waals surface area (Å²) in [6.07, 6.45) is 0.647. The summed E-state index contributed by atoms with van der Waals surface area (Å²) in [5.41, 5.74) is 2.07. The van der Waals surface area contributed by atoms with Crippen LogP contribution in [0, 0.1) is 18.8 Å². The summed E-state index contributed by atoms with van der Waals surface area (Å²) < 4.78 is 48.0. The van der Waals surface area contributed by atoms with Gasteiger partial charge in [0.05, 0.1) is 12.0 Å². The van der Waals surface area contributed by atoms with Crippen molar-refractivity contribution in [3.05, 3.63) is 59.2 Å². The molecule has 4 rings (SSSR count). The van der Waals surface area contributed by atoms with Crippen molar-refractivity contribution in [2.75, 3.05) is 7.11 Å². The van der Waals surface area contributed by atoms with E-state index >= 15 is 4.39 Å². The first kappa shape index (κ1) is 20.7. The highest BCUT2D eigenvalue weighted by Crippen LogP contribution is 2.50. The molecule has 0 saturated heterocycles. The maximum Gasteiger partial charge on any atom is 0.275 e. The molecule has 0 amide bonds. The van der Waals surface area contributed by atoms with Gasteiger partial charge in [-0.25, -0.2) is 12.8 Å². The quantitative estimate of drug-likeness (QED) is 0.736. The number of halogens is 1. The Morgan fingerprint density at radius 2 is 1.73 bits per heavy atom. The molecule has 1 saturated carbocycles. The lowest BCUT2D eigenvalue weighted by atomic mass is 9.74. The van der Waals surface area contributed by atoms with E-state index < -0.39 is 32.5 Å². The number of methoxy groups -OCH3 is 1. The summed E-state index contributed by atoms with van der Waals surface area (Å²) in [5.74, 6) is -2.69. The van der Waals surface area contributed by atoms with Crippen molar-refractivity contribution in [2.24, 2.45) is 11.8 Å². The number of Topliss-reactive ketones (excluding diaryl/α,β-unsaturated/α-hetero) is 2. The van der Waals surface area contributed by atoms with Gasteiger partial charge in [0.25, 0.3) is 5.00 Å². The Morgan fingerprint density at radius 1 is 1.03 bits per heavy atom. The topological polar surface area (TPSA) is 77.5 Å². The number of carbonyl (C=O) groups excluding carboxylic acids is 2. The van der Waals surface area contributed by atoms with Crippen molar-refractivity contribution in [3.8, 4) is 5.75 Å². The van der Waals surface area contributed by atoms with Crippen LogP contribution < -0.4 is 4.74 Å². The monoisotopic (exact) mass is 430 g/mol. The third-order valence-electron chi connectivity index (χ3n) is 6.39. The summed E-state index contributed by atoms with van der Waals surface area (Å²) in [7, 11) is -3.07. The highest BCUT2D eigenvalue weighted by molar-refractivity contribution is 7.93. The van der Waals surface area contributed by atoms with E-state index in [1.54, 1.807) is 37.3 Å². The van der Waals surface area contributed by atoms with Gasteiger partial charge in [0.2, 0.25) is 9.84 Å². The molecule has 3 unspecified atom stereocenters. The number of carbonyl (C=O) groups is 2. The smallest absolute Gasteiger partial charge is 0.275 e. The molecule has 2 aliphatic rings. The number of sulfone groups is 1. The number of rotatable bonds is 4. The summed E-state index contributed by atoms with van der Waals surface area (Å²) in [4.78, 5) is 25.5. The van der Waals surface area contributed by atoms with Crippen LogP contribution in [0.15, 0.2) is 47.4 Å². The molecule has 0 spiro atoms. The van der Waals surface area contributed by atoms with Crippen molar-refractivity contribution < 1.29 is 27.1 Å². The number of alkyl halides is 1. The van der Waals surface area contributed by atoms with Crippen LogP contribution in [0.25, 0.3) is 0 Å². The Labute approximate surface area is 175 Å². The molecule has 30 heavy (non-hydrogen) atoms. The van der Waals surface area contributed by atoms with E-state index in [1.165, 1.54) is 19.2 Å². The SMILES string of the molecule is COc1ccc2c(c1)CCC(C1CCC(=O)C1(F)S(=O)(=O)c1ccc(C)cc1)C2=O. The van der Waals surface area contributed by atoms with Gasteiger partial charge in [-0.3, -0.25) is 9.59 Å². The molecule has 2 aromatic rings. The molecule has 0 radical (unpaired) electrons. The fraction of sp³-hybridized carbons (Fsp3) is 0.391. The molecular formula is C23H23FO5S. The first-order chi connectivity index (χ1) is 14.2. The van der Waals surface area contributed by atoms with Gasteiger partial charge in [-0.05, 0) is 62.1 Å². The minimum Gasteiger partial charge on any atom is -0.497 e. The Kier molecular flexibility index (Phi) is 5.04. The van der Waals surface area contributed by atoms with Gasteiger partial charge in [-0.1, -0.05) is 17.7 Å². The minimum absolute atomic E-state index is 0.0440. The number of fused-ring (bicyclic) bond motifs is 1. The normalized spacial score (nSPS) is 26.5. The van der Waals surface area contributed by atoms with Gasteiger partial charge >= 0.3 is 0 Å². The first-order valence-electron chi connectivity index (χ1n) is 9.94. The number of ketones is 2. The van der Waals surface area contributed by atoms with Crippen LogP contribution >= 0.6 is 0 Å². The average Bonchev–Trinajstić information content (AvgIpc) is 3.04. The van der Waals surface area contributed by atoms with Gasteiger partial charge in [-0.15, -0.1) is 0 Å². The lowest BCUT2D eigenvalue weighted by Gasteiger charge is -2.34. The van der Waals surface area contributed by atoms with Gasteiger partial charge in [0, 0.05) is 23.8 Å². The molecule has 0 N–H and O–H groups in total. The molecule has 1 fully saturated rings. The average molecular weight is 430 g/mol. The van der Waals surface area contributed by atoms with Crippen LogP contribution in [0.3, 0.4) is 0 Å². The molecule has 5 nitrogen and oxygen atoms in total. The van der Waals surface area contributed by atoms with Crippen molar-refractivity contribution in [1.82, 2.24) is 0 Å². The second-order valence-corrected chi connectivity index (χ2v) is 10.1. The molecule has 2 aromatic carbocycles. The first-order valence-corrected chi connectivity index (χ1v) is 11.4. The Morgan fingerprint density at radius 3 is 2.40 bits per heavy atom. The fourth-order valence-electron chi connectivity index (χ4n) is 4.72. The zero-order chi connectivity index (χ0) is 21.7. The number of benzene rings is 2. The zero-order valence-corrected chi connectivity index (χ0v) is 17.7. The van der Waals surface area contributed by atoms with Crippen LogP contribution in [0.4, 0.5) is 4.39 Å². The largest absolute Gasteiger partial charge is 0.497 e. The molecule has 3 atom stereocenters. The van der Waals surface area contributed by atoms with Crippen LogP contribution in [0.1, 0.15) is 40.7 Å². The molecule has 158 valence electrons. The number of ether oxygens (including phenoxy) is 1. The maximum absolute atomic E-state index is 16.3. The second kappa shape index (κ2) is 7.30. The Hall–Kier alpha value is -2.54. The zero-order valence-electron chi connectivity index (χ0n) is 16.9. The Bertz CT molecular complexity index is 1120. The maximum atomic E-state index is 16.3. The minimum atomic E-state index is -4.60. The van der Waals surface area contributed by atoms with Crippen LogP contribution in [0.2, 0.25) is 0 Å². The number of hydrogen-bond donors (Lipinski definition) is 0. The van der Waals surface area contributed by atoms with E-state index in [-0.39, 0.29) is 23.5 Å². The molecule has 7 heteroatoms. The van der Waals surface area contributed by atoms with Gasteiger partial charge < -0.3 is 4.74 Å². The van der Waals surface area contributed by atoms with E-state index in [0.29, 0.717) is 24.2 Å². The summed E-state index contributed by atoms with van der Waals surface area (Å²) in [5, 5.41) is -3.09. The fourth-order valence-corrected chi connectivity index (χ4v) is 6.64. The predicted molar refractivity (Wildman–Crippen MR) is 109 cm³/mol. The van der Waals surface area contributed by atoms with Gasteiger partial charge in [0.1, 0.15) is 5.75 Å². The standard InChI is InChI=1S/C23H23FO5S/c1-14-3-7-17(8-4-14)30(27,28)23(24)20(11-12-21(23)25)19-9-5-15-13-16(29-2)6-10-18(15)22(19)26/h3-4,6-8,10,13,19-20H,5,9,11-12H2,1-2H3. The van der Waals surface area contributed by atoms with E-state index in [4.69, 9.17) is 4.74 Å². The van der Waals surface area contributed by atoms with E-state index in [0.717, 1.165) is 11.1 Å². The van der Waals surface area contributed by atoms with Crippen molar-refractivity contribution >= 4 is 21.4 Å². The van der Waals surface area contributed by atoms with Crippen molar-refractivity contribution in [1.29, 1.82) is 0 Å². The molecular weight excluding hydrogens is 407 g/mol. The summed E-state index contributed by atoms with van der Waals surface area (Å²) >= 11 is 0. The van der Waals surface area contributed by atoms with Crippen LogP contribution in [0.5, 0.6) is 5.75 Å². The number of aryl methyl sites for hydroxylation is 2. The summed E-state index contributed by atoms with van der Waals surface area (Å²) in [6.45, 7) is 1.79. The molecule has 0 bridgehead atoms. The second-order valence-electron chi connectivity index (χ2n) is 8.06. The van der Waals surface area contributed by atoms with Crippen LogP contribution in [-0.4, -0.2) is 32.1 Å². The van der Waals surface area contributed by atoms with Gasteiger partial charge in [0.15, 0.2) is 11.6 Å². The lowest BCUT2D eigenvalue weighted by Crippen LogP contribution is -2.48. The third-order valence-corrected chi connectivity index (χ3v) is 8.59. The molecule has 2 aliphatic carbocycles. The summed E-state index contributed by atoms with van der Waals surface area (Å²) in [6, 6.07) is 10.8. The Balaban J connectivity index is 1.74. The van der Waals surface area contributed by atoms with E-state index in [9.17, 15) is 18.0 Å². The van der Waals surface area contributed by atoms with Crippen LogP contribution in [-0.2, 0) is 21.1 Å². The lowest BCUT2D eigenvalue weighted by molar-refractivity contribution is -0.124. The number of hydrogen-bond acceptors (Lipinski definition) is 5. The van der Waals surface area contributed by atoms with E-state index in [2.05, 4.69) is 0 Å². The van der Waals surface area contributed by atoms with Gasteiger partial charge in [-0.2, -0.15) is 0 Å². The molecule has 0 aliphatic heterocycles. The highest BCUT2D eigenvalue weighted by Gasteiger charge is 2.63. The molecule has 0 heterocycles. The predicted octanol–water partition coefficient (Wildman–Crippen LogP) is 3.87. The van der Waals surface area contributed by atoms with E-state index in [1.807, 2.05) is 0 Å². The highest BCUT2D eigenvalue weighted by atomic mass is 32.2. The van der Waals surface area contributed by atoms with Crippen molar-refractivity contribution in [2.45, 2.75) is 42.5 Å². The third kappa shape index (κ3) is 2.98. The molecule has 0 aromatic heterocycles.